The molecule has 0 amide bonds. The summed E-state index contributed by atoms with van der Waals surface area (Å²) in [6.45, 7) is 3.64. The SMILES string of the molecule is CCCCCCCCCC/C=C/C=C/C=C/OC(C)=O. The van der Waals surface area contributed by atoms with E-state index in [2.05, 4.69) is 17.7 Å². The van der Waals surface area contributed by atoms with E-state index < -0.39 is 0 Å². The number of esters is 1. The molecular formula is C18H30O2. The summed E-state index contributed by atoms with van der Waals surface area (Å²) in [6.07, 6.45) is 23.2. The van der Waals surface area contributed by atoms with Gasteiger partial charge in [0.2, 0.25) is 0 Å². The molecule has 0 atom stereocenters. The Kier molecular flexibility index (Phi) is 14.7. The Morgan fingerprint density at radius 2 is 1.45 bits per heavy atom. The second kappa shape index (κ2) is 15.7. The van der Waals surface area contributed by atoms with Crippen LogP contribution < -0.4 is 0 Å². The fraction of sp³-hybridized carbons (Fsp3) is 0.611. The Balaban J connectivity index is 3.29. The predicted molar refractivity (Wildman–Crippen MR) is 86.4 cm³/mol. The summed E-state index contributed by atoms with van der Waals surface area (Å²) in [7, 11) is 0. The topological polar surface area (TPSA) is 26.3 Å². The molecule has 114 valence electrons. The molecule has 0 saturated carbocycles. The number of unbranched alkanes of at least 4 members (excludes halogenated alkanes) is 8. The molecule has 0 N–H and O–H groups in total. The molecule has 2 nitrogen and oxygen atoms in total. The minimum absolute atomic E-state index is 0.292. The van der Waals surface area contributed by atoms with E-state index >= 15 is 0 Å². The van der Waals surface area contributed by atoms with Gasteiger partial charge in [-0.25, -0.2) is 0 Å². The van der Waals surface area contributed by atoms with E-state index in [9.17, 15) is 4.79 Å². The molecule has 0 spiro atoms. The summed E-state index contributed by atoms with van der Waals surface area (Å²) in [6, 6.07) is 0. The van der Waals surface area contributed by atoms with Crippen molar-refractivity contribution in [2.75, 3.05) is 0 Å². The minimum atomic E-state index is -0.292. The first-order valence-corrected chi connectivity index (χ1v) is 7.93. The third-order valence-electron chi connectivity index (χ3n) is 3.01. The second-order valence-electron chi connectivity index (χ2n) is 5.01. The molecule has 0 aromatic carbocycles. The van der Waals surface area contributed by atoms with Crippen LogP contribution in [0.1, 0.15) is 71.6 Å². The van der Waals surface area contributed by atoms with E-state index in [-0.39, 0.29) is 5.97 Å². The predicted octanol–water partition coefficient (Wildman–Crippen LogP) is 5.71. The van der Waals surface area contributed by atoms with E-state index in [0.29, 0.717) is 0 Å². The molecule has 0 bridgehead atoms. The summed E-state index contributed by atoms with van der Waals surface area (Å²) in [5, 5.41) is 0. The van der Waals surface area contributed by atoms with Crippen molar-refractivity contribution in [2.45, 2.75) is 71.6 Å². The standard InChI is InChI=1S/C18H30O2/c1-3-4-5-6-7-8-9-10-11-12-13-14-15-16-17-20-18(2)19/h12-17H,3-11H2,1-2H3/b13-12+,15-14+,17-16+. The quantitative estimate of drug-likeness (QED) is 0.198. The van der Waals surface area contributed by atoms with Gasteiger partial charge >= 0.3 is 5.97 Å². The lowest BCUT2D eigenvalue weighted by Gasteiger charge is -1.99. The average Bonchev–Trinajstić information content (AvgIpc) is 2.43. The van der Waals surface area contributed by atoms with Crippen molar-refractivity contribution in [1.82, 2.24) is 0 Å². The summed E-state index contributed by atoms with van der Waals surface area (Å²) >= 11 is 0. The number of carbonyl (C=O) groups excluding carboxylic acids is 1. The Bertz CT molecular complexity index is 301. The number of ether oxygens (including phenoxy) is 1. The van der Waals surface area contributed by atoms with Gasteiger partial charge in [-0.1, -0.05) is 76.2 Å². The molecule has 0 rings (SSSR count). The average molecular weight is 278 g/mol. The molecule has 0 aromatic rings. The van der Waals surface area contributed by atoms with Gasteiger partial charge in [0.25, 0.3) is 0 Å². The first-order chi connectivity index (χ1) is 9.77. The van der Waals surface area contributed by atoms with Crippen molar-refractivity contribution in [3.8, 4) is 0 Å². The normalized spacial score (nSPS) is 11.9. The summed E-state index contributed by atoms with van der Waals surface area (Å²) in [5.41, 5.74) is 0. The molecular weight excluding hydrogens is 248 g/mol. The van der Waals surface area contributed by atoms with Gasteiger partial charge in [-0.05, 0) is 18.9 Å². The molecule has 20 heavy (non-hydrogen) atoms. The van der Waals surface area contributed by atoms with Gasteiger partial charge < -0.3 is 4.74 Å². The molecule has 0 unspecified atom stereocenters. The second-order valence-corrected chi connectivity index (χ2v) is 5.01. The smallest absolute Gasteiger partial charge is 0.307 e. The van der Waals surface area contributed by atoms with Crippen molar-refractivity contribution >= 4 is 5.97 Å². The van der Waals surface area contributed by atoms with Gasteiger partial charge in [-0.15, -0.1) is 0 Å². The monoisotopic (exact) mass is 278 g/mol. The van der Waals surface area contributed by atoms with Crippen molar-refractivity contribution in [3.63, 3.8) is 0 Å². The van der Waals surface area contributed by atoms with Crippen LogP contribution in [0.5, 0.6) is 0 Å². The largest absolute Gasteiger partial charge is 0.435 e. The first-order valence-electron chi connectivity index (χ1n) is 7.93. The molecule has 0 saturated heterocycles. The van der Waals surface area contributed by atoms with E-state index in [1.807, 2.05) is 18.2 Å². The molecule has 0 aliphatic rings. The maximum Gasteiger partial charge on any atom is 0.307 e. The zero-order valence-electron chi connectivity index (χ0n) is 13.1. The minimum Gasteiger partial charge on any atom is -0.435 e. The highest BCUT2D eigenvalue weighted by molar-refractivity contribution is 5.66. The maximum atomic E-state index is 10.5. The van der Waals surface area contributed by atoms with E-state index in [1.54, 1.807) is 6.08 Å². The van der Waals surface area contributed by atoms with Gasteiger partial charge in [-0.3, -0.25) is 4.79 Å². The van der Waals surface area contributed by atoms with Crippen LogP contribution in [-0.4, -0.2) is 5.97 Å². The lowest BCUT2D eigenvalue weighted by molar-refractivity contribution is -0.135. The third kappa shape index (κ3) is 16.7. The Morgan fingerprint density at radius 3 is 2.10 bits per heavy atom. The van der Waals surface area contributed by atoms with Crippen molar-refractivity contribution in [1.29, 1.82) is 0 Å². The van der Waals surface area contributed by atoms with Gasteiger partial charge in [0.15, 0.2) is 0 Å². The van der Waals surface area contributed by atoms with Crippen molar-refractivity contribution in [3.05, 3.63) is 36.6 Å². The number of carbonyl (C=O) groups is 1. The van der Waals surface area contributed by atoms with Crippen LogP contribution in [0.4, 0.5) is 0 Å². The van der Waals surface area contributed by atoms with Crippen molar-refractivity contribution in [2.24, 2.45) is 0 Å². The van der Waals surface area contributed by atoms with Crippen LogP contribution in [0.25, 0.3) is 0 Å². The molecule has 0 aliphatic carbocycles. The number of allylic oxidation sites excluding steroid dienone is 5. The highest BCUT2D eigenvalue weighted by Crippen LogP contribution is 2.09. The molecule has 0 aromatic heterocycles. The van der Waals surface area contributed by atoms with Gasteiger partial charge in [0.1, 0.15) is 0 Å². The van der Waals surface area contributed by atoms with Gasteiger partial charge in [0, 0.05) is 6.92 Å². The van der Waals surface area contributed by atoms with Crippen LogP contribution in [0.3, 0.4) is 0 Å². The third-order valence-corrected chi connectivity index (χ3v) is 3.01. The lowest BCUT2D eigenvalue weighted by Crippen LogP contribution is -1.88. The van der Waals surface area contributed by atoms with E-state index in [0.717, 1.165) is 6.42 Å². The summed E-state index contributed by atoms with van der Waals surface area (Å²) in [4.78, 5) is 10.5. The Hall–Kier alpha value is -1.31. The molecule has 2 heteroatoms. The van der Waals surface area contributed by atoms with Crippen LogP contribution in [0.2, 0.25) is 0 Å². The fourth-order valence-electron chi connectivity index (χ4n) is 1.88. The van der Waals surface area contributed by atoms with Crippen LogP contribution in [0, 0.1) is 0 Å². The highest BCUT2D eigenvalue weighted by Gasteiger charge is 1.89. The first kappa shape index (κ1) is 18.7. The molecule has 0 radical (unpaired) electrons. The summed E-state index contributed by atoms with van der Waals surface area (Å²) in [5.74, 6) is -0.292. The maximum absolute atomic E-state index is 10.5. The van der Waals surface area contributed by atoms with Crippen LogP contribution in [-0.2, 0) is 9.53 Å². The molecule has 0 heterocycles. The summed E-state index contributed by atoms with van der Waals surface area (Å²) < 4.78 is 4.65. The van der Waals surface area contributed by atoms with Crippen molar-refractivity contribution < 1.29 is 9.53 Å². The van der Waals surface area contributed by atoms with Gasteiger partial charge in [0.05, 0.1) is 6.26 Å². The molecule has 0 fully saturated rings. The fourth-order valence-corrected chi connectivity index (χ4v) is 1.88. The zero-order chi connectivity index (χ0) is 14.9. The Morgan fingerprint density at radius 1 is 0.850 bits per heavy atom. The van der Waals surface area contributed by atoms with E-state index in [4.69, 9.17) is 0 Å². The van der Waals surface area contributed by atoms with Gasteiger partial charge in [-0.2, -0.15) is 0 Å². The van der Waals surface area contributed by atoms with Crippen LogP contribution >= 0.6 is 0 Å². The van der Waals surface area contributed by atoms with Crippen LogP contribution in [0.15, 0.2) is 36.6 Å². The Labute approximate surface area is 124 Å². The number of hydrogen-bond donors (Lipinski definition) is 0. The highest BCUT2D eigenvalue weighted by atomic mass is 16.5. The lowest BCUT2D eigenvalue weighted by atomic mass is 10.1. The number of hydrogen-bond acceptors (Lipinski definition) is 2. The molecule has 0 aliphatic heterocycles. The van der Waals surface area contributed by atoms with E-state index in [1.165, 1.54) is 64.6 Å². The number of rotatable bonds is 12. The zero-order valence-corrected chi connectivity index (χ0v) is 13.1.